The number of hydrogen-bond acceptors (Lipinski definition) is 9. The maximum Gasteiger partial charge on any atom is 0.478 e. The van der Waals surface area contributed by atoms with Gasteiger partial charge in [0, 0.05) is 18.3 Å². The van der Waals surface area contributed by atoms with Crippen molar-refractivity contribution < 1.29 is 42.0 Å². The Labute approximate surface area is 172 Å². The quantitative estimate of drug-likeness (QED) is 0.302. The van der Waals surface area contributed by atoms with Gasteiger partial charge in [-0.25, -0.2) is 9.09 Å². The molecule has 0 unspecified atom stereocenters. The predicted octanol–water partition coefficient (Wildman–Crippen LogP) is 3.79. The summed E-state index contributed by atoms with van der Waals surface area (Å²) < 4.78 is 38.3. The van der Waals surface area contributed by atoms with Crippen molar-refractivity contribution in [1.82, 2.24) is 0 Å². The molecular weight excluding hydrogens is 403 g/mol. The zero-order valence-corrected chi connectivity index (χ0v) is 19.2. The van der Waals surface area contributed by atoms with Crippen molar-refractivity contribution in [3.05, 3.63) is 0 Å². The van der Waals surface area contributed by atoms with E-state index in [0.29, 0.717) is 0 Å². The number of ether oxygens (including phenoxy) is 2. The lowest BCUT2D eigenvalue weighted by Crippen LogP contribution is -2.45. The summed E-state index contributed by atoms with van der Waals surface area (Å²) in [5.41, 5.74) is -1.49. The van der Waals surface area contributed by atoms with E-state index in [-0.39, 0.29) is 43.7 Å². The highest BCUT2D eigenvalue weighted by atomic mass is 31.2. The van der Waals surface area contributed by atoms with Gasteiger partial charge in [-0.2, -0.15) is 0 Å². The Morgan fingerprint density at radius 2 is 1.79 bits per heavy atom. The van der Waals surface area contributed by atoms with Crippen LogP contribution >= 0.6 is 7.82 Å². The molecule has 10 heteroatoms. The number of rotatable bonds is 9. The van der Waals surface area contributed by atoms with Gasteiger partial charge in [0.05, 0.1) is 18.1 Å². The molecule has 1 aliphatic heterocycles. The molecule has 0 amide bonds. The average Bonchev–Trinajstić information content (AvgIpc) is 2.55. The summed E-state index contributed by atoms with van der Waals surface area (Å²) in [5.74, 6) is -1.23. The van der Waals surface area contributed by atoms with Gasteiger partial charge >= 0.3 is 19.8 Å². The molecule has 0 aromatic heterocycles. The van der Waals surface area contributed by atoms with Crippen LogP contribution in [0, 0.1) is 10.8 Å². The normalized spacial score (nSPS) is 24.2. The Bertz CT molecular complexity index is 649. The maximum atomic E-state index is 12.7. The predicted molar refractivity (Wildman–Crippen MR) is 104 cm³/mol. The summed E-state index contributed by atoms with van der Waals surface area (Å²) in [4.78, 5) is 36.0. The van der Waals surface area contributed by atoms with E-state index < -0.39 is 37.5 Å². The van der Waals surface area contributed by atoms with E-state index in [4.69, 9.17) is 23.0 Å². The van der Waals surface area contributed by atoms with E-state index in [1.54, 1.807) is 48.5 Å². The molecule has 1 rings (SSSR count). The molecule has 0 bridgehead atoms. The molecule has 0 aromatic rings. The number of ketones is 1. The van der Waals surface area contributed by atoms with Gasteiger partial charge in [-0.1, -0.05) is 13.8 Å². The molecule has 0 aliphatic carbocycles. The monoisotopic (exact) mass is 436 g/mol. The van der Waals surface area contributed by atoms with Gasteiger partial charge < -0.3 is 9.47 Å². The van der Waals surface area contributed by atoms with Crippen molar-refractivity contribution in [3.63, 3.8) is 0 Å². The van der Waals surface area contributed by atoms with E-state index >= 15 is 0 Å². The Morgan fingerprint density at radius 3 is 2.34 bits per heavy atom. The van der Waals surface area contributed by atoms with Crippen LogP contribution in [-0.2, 0) is 42.0 Å². The second-order valence-corrected chi connectivity index (χ2v) is 10.6. The summed E-state index contributed by atoms with van der Waals surface area (Å²) in [7, 11) is -4.07. The molecule has 1 saturated heterocycles. The Morgan fingerprint density at radius 1 is 1.17 bits per heavy atom. The molecule has 0 spiro atoms. The van der Waals surface area contributed by atoms with Crippen molar-refractivity contribution in [2.45, 2.75) is 79.9 Å². The van der Waals surface area contributed by atoms with Gasteiger partial charge in [-0.3, -0.25) is 23.4 Å². The molecule has 1 fully saturated rings. The highest BCUT2D eigenvalue weighted by Crippen LogP contribution is 2.57. The van der Waals surface area contributed by atoms with Crippen LogP contribution in [0.5, 0.6) is 0 Å². The van der Waals surface area contributed by atoms with E-state index in [2.05, 4.69) is 0 Å². The Hall–Kier alpha value is -1.28. The third-order valence-electron chi connectivity index (χ3n) is 4.02. The maximum absolute atomic E-state index is 12.7. The van der Waals surface area contributed by atoms with Crippen LogP contribution in [0.4, 0.5) is 0 Å². The lowest BCUT2D eigenvalue weighted by atomic mass is 9.84. The fraction of sp³-hybridized carbons (Fsp3) is 0.842. The Kier molecular flexibility index (Phi) is 9.02. The van der Waals surface area contributed by atoms with E-state index in [9.17, 15) is 18.9 Å². The highest BCUT2D eigenvalue weighted by Gasteiger charge is 2.48. The zero-order chi connectivity index (χ0) is 22.5. The van der Waals surface area contributed by atoms with Gasteiger partial charge in [0.1, 0.15) is 6.10 Å². The van der Waals surface area contributed by atoms with Crippen LogP contribution in [0.3, 0.4) is 0 Å². The largest absolute Gasteiger partial charge is 0.478 e. The fourth-order valence-electron chi connectivity index (χ4n) is 2.41. The van der Waals surface area contributed by atoms with Crippen LogP contribution in [0.1, 0.15) is 67.7 Å². The van der Waals surface area contributed by atoms with Gasteiger partial charge in [-0.15, -0.1) is 0 Å². The van der Waals surface area contributed by atoms with Crippen molar-refractivity contribution in [2.75, 3.05) is 13.4 Å². The van der Waals surface area contributed by atoms with Crippen LogP contribution in [0.25, 0.3) is 0 Å². The van der Waals surface area contributed by atoms with Crippen molar-refractivity contribution in [1.29, 1.82) is 0 Å². The lowest BCUT2D eigenvalue weighted by molar-refractivity contribution is -0.163. The van der Waals surface area contributed by atoms with Crippen molar-refractivity contribution in [2.24, 2.45) is 10.8 Å². The van der Waals surface area contributed by atoms with Crippen molar-refractivity contribution in [3.8, 4) is 0 Å². The first-order chi connectivity index (χ1) is 13.2. The topological polar surface area (TPSA) is 114 Å². The summed E-state index contributed by atoms with van der Waals surface area (Å²) >= 11 is 0. The zero-order valence-electron chi connectivity index (χ0n) is 18.3. The molecule has 0 aromatic carbocycles. The first-order valence-corrected chi connectivity index (χ1v) is 11.1. The van der Waals surface area contributed by atoms with Gasteiger partial charge in [-0.05, 0) is 41.0 Å². The molecule has 0 N–H and O–H groups in total. The number of phosphoric ester groups is 1. The highest BCUT2D eigenvalue weighted by molar-refractivity contribution is 7.48. The number of hydrogen-bond donors (Lipinski definition) is 0. The molecule has 9 nitrogen and oxygen atoms in total. The first kappa shape index (κ1) is 25.8. The third kappa shape index (κ3) is 8.54. The van der Waals surface area contributed by atoms with Crippen LogP contribution in [0.2, 0.25) is 0 Å². The Balaban J connectivity index is 2.62. The number of esters is 2. The third-order valence-corrected chi connectivity index (χ3v) is 5.35. The fourth-order valence-corrected chi connectivity index (χ4v) is 3.94. The molecule has 0 radical (unpaired) electrons. The second kappa shape index (κ2) is 10.2. The second-order valence-electron chi connectivity index (χ2n) is 8.98. The number of carbonyl (C=O) groups excluding carboxylic acids is 3. The summed E-state index contributed by atoms with van der Waals surface area (Å²) in [6.45, 7) is 11.3. The summed E-state index contributed by atoms with van der Waals surface area (Å²) in [5, 5.41) is 0. The minimum Gasteiger partial charge on any atom is -0.463 e. The summed E-state index contributed by atoms with van der Waals surface area (Å²) in [6, 6.07) is 0. The molecule has 29 heavy (non-hydrogen) atoms. The van der Waals surface area contributed by atoms with Crippen LogP contribution in [0.15, 0.2) is 0 Å². The summed E-state index contributed by atoms with van der Waals surface area (Å²) in [6.07, 6.45) is -0.812. The van der Waals surface area contributed by atoms with Gasteiger partial charge in [0.25, 0.3) is 0 Å². The van der Waals surface area contributed by atoms with Crippen molar-refractivity contribution >= 4 is 25.5 Å². The smallest absolute Gasteiger partial charge is 0.463 e. The van der Waals surface area contributed by atoms with E-state index in [0.717, 1.165) is 0 Å². The van der Waals surface area contributed by atoms with Gasteiger partial charge in [0.15, 0.2) is 5.78 Å². The first-order valence-electron chi connectivity index (χ1n) is 9.63. The van der Waals surface area contributed by atoms with Crippen LogP contribution in [-0.4, -0.2) is 43.3 Å². The molecule has 168 valence electrons. The standard InChI is InChI=1S/C19H33O9P/c1-13(2)27-15(21)10-8-9-14(20)16-19(6,7)11-25-29(23,28-16)26-12-24-17(22)18(3,4)5/h13,16H,8-12H2,1-7H3/t16-,29+/m0/s1. The van der Waals surface area contributed by atoms with Crippen LogP contribution < -0.4 is 0 Å². The molecule has 1 aliphatic rings. The SMILES string of the molecule is CC(C)OC(=O)CCCC(=O)[C@@H]1O[P@@](=O)(OCOC(=O)C(C)(C)C)OCC1(C)C. The van der Waals surface area contributed by atoms with E-state index in [1.807, 2.05) is 0 Å². The van der Waals surface area contributed by atoms with E-state index in [1.165, 1.54) is 0 Å². The number of phosphoric acid groups is 1. The number of carbonyl (C=O) groups is 3. The molecular formula is C19H33O9P. The average molecular weight is 436 g/mol. The number of Topliss-reactive ketones (excluding diaryl/α,β-unsaturated/α-hetero) is 1. The minimum absolute atomic E-state index is 0.0384. The molecule has 1 heterocycles. The van der Waals surface area contributed by atoms with Gasteiger partial charge in [0.2, 0.25) is 6.79 Å². The molecule has 0 saturated carbocycles. The minimum atomic E-state index is -4.07. The lowest BCUT2D eigenvalue weighted by Gasteiger charge is -2.39. The molecule has 2 atom stereocenters.